The molecule has 5 unspecified atom stereocenters. The summed E-state index contributed by atoms with van der Waals surface area (Å²) in [4.78, 5) is 72.8. The van der Waals surface area contributed by atoms with Crippen LogP contribution in [0.15, 0.2) is 43.0 Å². The number of benzene rings is 1. The Morgan fingerprint density at radius 1 is 0.976 bits per heavy atom. The highest BCUT2D eigenvalue weighted by molar-refractivity contribution is 5.95. The molecule has 0 bridgehead atoms. The molecule has 0 radical (unpaired) electrons. The number of nitrogens with one attached hydrogen (secondary N) is 5. The minimum atomic E-state index is -1.30. The van der Waals surface area contributed by atoms with E-state index in [2.05, 4.69) is 30.9 Å². The van der Waals surface area contributed by atoms with Crippen LogP contribution in [0.2, 0.25) is 0 Å². The molecule has 2 heterocycles. The Labute approximate surface area is 242 Å². The van der Waals surface area contributed by atoms with Crippen molar-refractivity contribution in [3.63, 3.8) is 0 Å². The Morgan fingerprint density at radius 3 is 2.33 bits per heavy atom. The van der Waals surface area contributed by atoms with Gasteiger partial charge < -0.3 is 42.5 Å². The van der Waals surface area contributed by atoms with Gasteiger partial charge in [-0.05, 0) is 24.0 Å². The summed E-state index contributed by atoms with van der Waals surface area (Å²) in [6, 6.07) is 2.82. The SMILES string of the molecule is CCC(C)C(NC(=O)C(N)CCC(N)=O)C(=O)NC(Cc1c[nH]c2ccccc12)C(=O)NC(Cc1cnc[nH]1)C(=O)O. The quantitative estimate of drug-likeness (QED) is 0.113. The number of carbonyl (C=O) groups is 5. The molecule has 14 heteroatoms. The van der Waals surface area contributed by atoms with E-state index in [-0.39, 0.29) is 31.6 Å². The first-order valence-electron chi connectivity index (χ1n) is 13.7. The number of carboxylic acids is 1. The number of carbonyl (C=O) groups excluding carboxylic acids is 4. The van der Waals surface area contributed by atoms with Gasteiger partial charge in [0.05, 0.1) is 12.4 Å². The molecule has 2 aromatic heterocycles. The van der Waals surface area contributed by atoms with Gasteiger partial charge in [-0.15, -0.1) is 0 Å². The molecule has 0 aliphatic rings. The van der Waals surface area contributed by atoms with Gasteiger partial charge >= 0.3 is 5.97 Å². The molecule has 10 N–H and O–H groups in total. The molecule has 0 fully saturated rings. The first-order chi connectivity index (χ1) is 20.0. The lowest BCUT2D eigenvalue weighted by Crippen LogP contribution is -2.59. The zero-order valence-electron chi connectivity index (χ0n) is 23.6. The van der Waals surface area contributed by atoms with Gasteiger partial charge in [-0.3, -0.25) is 19.2 Å². The third-order valence-corrected chi connectivity index (χ3v) is 7.16. The second kappa shape index (κ2) is 14.8. The Hall–Kier alpha value is -4.72. The molecule has 0 spiro atoms. The van der Waals surface area contributed by atoms with Gasteiger partial charge in [-0.1, -0.05) is 38.5 Å². The highest BCUT2D eigenvalue weighted by atomic mass is 16.4. The molecule has 0 saturated carbocycles. The van der Waals surface area contributed by atoms with Crippen molar-refractivity contribution in [1.82, 2.24) is 30.9 Å². The van der Waals surface area contributed by atoms with E-state index in [1.54, 1.807) is 13.1 Å². The van der Waals surface area contributed by atoms with Crippen LogP contribution in [0.25, 0.3) is 10.9 Å². The van der Waals surface area contributed by atoms with Crippen molar-refractivity contribution in [1.29, 1.82) is 0 Å². The zero-order valence-corrected chi connectivity index (χ0v) is 23.6. The zero-order chi connectivity index (χ0) is 30.8. The lowest BCUT2D eigenvalue weighted by Gasteiger charge is -2.28. The summed E-state index contributed by atoms with van der Waals surface area (Å²) in [6.45, 7) is 3.60. The maximum Gasteiger partial charge on any atom is 0.326 e. The maximum absolute atomic E-state index is 13.6. The van der Waals surface area contributed by atoms with Gasteiger partial charge in [0.25, 0.3) is 0 Å². The lowest BCUT2D eigenvalue weighted by molar-refractivity contribution is -0.142. The van der Waals surface area contributed by atoms with Gasteiger partial charge in [0.2, 0.25) is 23.6 Å². The molecule has 42 heavy (non-hydrogen) atoms. The fourth-order valence-electron chi connectivity index (χ4n) is 4.47. The number of carboxylic acid groups (broad SMARTS) is 1. The van der Waals surface area contributed by atoms with Gasteiger partial charge in [0, 0.05) is 48.3 Å². The number of imidazole rings is 1. The number of H-pyrrole nitrogens is 2. The van der Waals surface area contributed by atoms with Gasteiger partial charge in [-0.2, -0.15) is 0 Å². The predicted octanol–water partition coefficient (Wildman–Crippen LogP) is -0.146. The second-order valence-corrected chi connectivity index (χ2v) is 10.3. The smallest absolute Gasteiger partial charge is 0.326 e. The number of amides is 4. The first-order valence-corrected chi connectivity index (χ1v) is 13.7. The fourth-order valence-corrected chi connectivity index (χ4v) is 4.47. The Balaban J connectivity index is 1.84. The average molecular weight is 583 g/mol. The van der Waals surface area contributed by atoms with Crippen molar-refractivity contribution in [3.8, 4) is 0 Å². The van der Waals surface area contributed by atoms with E-state index in [9.17, 15) is 29.1 Å². The van der Waals surface area contributed by atoms with E-state index in [0.29, 0.717) is 12.1 Å². The van der Waals surface area contributed by atoms with Crippen molar-refractivity contribution >= 4 is 40.5 Å². The second-order valence-electron chi connectivity index (χ2n) is 10.3. The van der Waals surface area contributed by atoms with Crippen molar-refractivity contribution in [2.75, 3.05) is 0 Å². The van der Waals surface area contributed by atoms with Crippen molar-refractivity contribution in [2.24, 2.45) is 17.4 Å². The highest BCUT2D eigenvalue weighted by Gasteiger charge is 2.33. The maximum atomic E-state index is 13.6. The number of aromatic amines is 2. The topological polar surface area (TPSA) is 238 Å². The predicted molar refractivity (Wildman–Crippen MR) is 154 cm³/mol. The third-order valence-electron chi connectivity index (χ3n) is 7.16. The van der Waals surface area contributed by atoms with Gasteiger partial charge in [0.15, 0.2) is 0 Å². The molecule has 226 valence electrons. The van der Waals surface area contributed by atoms with E-state index in [0.717, 1.165) is 16.5 Å². The largest absolute Gasteiger partial charge is 0.480 e. The number of rotatable bonds is 16. The van der Waals surface area contributed by atoms with Crippen LogP contribution in [0.4, 0.5) is 0 Å². The summed E-state index contributed by atoms with van der Waals surface area (Å²) in [6.07, 6.45) is 5.00. The molecule has 3 aromatic rings. The van der Waals surface area contributed by atoms with Crippen LogP contribution in [-0.2, 0) is 36.8 Å². The normalized spacial score (nSPS) is 14.7. The Bertz CT molecular complexity index is 1390. The number of nitrogens with two attached hydrogens (primary N) is 2. The average Bonchev–Trinajstić information content (AvgIpc) is 3.63. The molecule has 0 aliphatic carbocycles. The van der Waals surface area contributed by atoms with Gasteiger partial charge in [-0.25, -0.2) is 9.78 Å². The van der Waals surface area contributed by atoms with E-state index in [1.165, 1.54) is 12.5 Å². The van der Waals surface area contributed by atoms with Gasteiger partial charge in [0.1, 0.15) is 18.1 Å². The Morgan fingerprint density at radius 2 is 1.69 bits per heavy atom. The molecule has 14 nitrogen and oxygen atoms in total. The minimum Gasteiger partial charge on any atom is -0.480 e. The first kappa shape index (κ1) is 31.8. The van der Waals surface area contributed by atoms with Crippen LogP contribution < -0.4 is 27.4 Å². The fraction of sp³-hybridized carbons (Fsp3) is 0.429. The molecule has 0 saturated heterocycles. The molecule has 1 aromatic carbocycles. The van der Waals surface area contributed by atoms with E-state index in [1.807, 2.05) is 31.2 Å². The van der Waals surface area contributed by atoms with Crippen LogP contribution in [0.5, 0.6) is 0 Å². The van der Waals surface area contributed by atoms with Crippen molar-refractivity contribution in [3.05, 3.63) is 54.2 Å². The summed E-state index contributed by atoms with van der Waals surface area (Å²) < 4.78 is 0. The summed E-state index contributed by atoms with van der Waals surface area (Å²) in [5.74, 6) is -4.20. The number of aliphatic carboxylic acids is 1. The van der Waals surface area contributed by atoms with Crippen LogP contribution in [-0.4, -0.2) is 73.8 Å². The van der Waals surface area contributed by atoms with E-state index < -0.39 is 53.8 Å². The molecular formula is C28H38N8O6. The molecule has 4 amide bonds. The molecule has 3 rings (SSSR count). The standard InChI is InChI=1S/C28H38N8O6/c1-3-15(2)24(36-25(38)19(29)8-9-23(30)37)27(40)34-21(10-16-12-32-20-7-5-4-6-18(16)20)26(39)35-22(28(41)42)11-17-13-31-14-33-17/h4-7,12-15,19,21-22,24,32H,3,8-11,29H2,1-2H3,(H2,30,37)(H,31,33)(H,34,40)(H,35,39)(H,36,38)(H,41,42). The van der Waals surface area contributed by atoms with Crippen LogP contribution in [0.3, 0.4) is 0 Å². The number of hydrogen-bond donors (Lipinski definition) is 8. The number of nitrogens with zero attached hydrogens (tertiary/aromatic N) is 1. The number of fused-ring (bicyclic) bond motifs is 1. The summed E-state index contributed by atoms with van der Waals surface area (Å²) in [5, 5.41) is 18.5. The molecule has 0 aliphatic heterocycles. The van der Waals surface area contributed by atoms with Crippen LogP contribution >= 0.6 is 0 Å². The van der Waals surface area contributed by atoms with Crippen LogP contribution in [0.1, 0.15) is 44.4 Å². The molecular weight excluding hydrogens is 544 g/mol. The third kappa shape index (κ3) is 8.64. The monoisotopic (exact) mass is 582 g/mol. The van der Waals surface area contributed by atoms with E-state index in [4.69, 9.17) is 11.5 Å². The lowest BCUT2D eigenvalue weighted by atomic mass is 9.96. The highest BCUT2D eigenvalue weighted by Crippen LogP contribution is 2.20. The number of para-hydroxylation sites is 1. The minimum absolute atomic E-state index is 0.00845. The van der Waals surface area contributed by atoms with Crippen LogP contribution in [0, 0.1) is 5.92 Å². The number of hydrogen-bond acceptors (Lipinski definition) is 7. The van der Waals surface area contributed by atoms with Crippen molar-refractivity contribution < 1.29 is 29.1 Å². The van der Waals surface area contributed by atoms with E-state index >= 15 is 0 Å². The summed E-state index contributed by atoms with van der Waals surface area (Å²) in [5.41, 5.74) is 13.1. The number of primary amides is 1. The summed E-state index contributed by atoms with van der Waals surface area (Å²) in [7, 11) is 0. The summed E-state index contributed by atoms with van der Waals surface area (Å²) >= 11 is 0. The molecule has 5 atom stereocenters. The van der Waals surface area contributed by atoms with Crippen molar-refractivity contribution in [2.45, 2.75) is 70.1 Å². The number of aromatic nitrogens is 3. The Kier molecular flexibility index (Phi) is 11.2.